The van der Waals surface area contributed by atoms with E-state index in [1.165, 1.54) is 30.1 Å². The first-order valence-corrected chi connectivity index (χ1v) is 6.44. The zero-order valence-corrected chi connectivity index (χ0v) is 10.6. The highest BCUT2D eigenvalue weighted by Crippen LogP contribution is 2.35. The highest BCUT2D eigenvalue weighted by Gasteiger charge is 2.32. The van der Waals surface area contributed by atoms with Crippen LogP contribution in [0.2, 0.25) is 0 Å². The van der Waals surface area contributed by atoms with Gasteiger partial charge in [-0.1, -0.05) is 18.2 Å². The third kappa shape index (κ3) is 3.41. The van der Waals surface area contributed by atoms with E-state index in [1.54, 1.807) is 18.3 Å². The van der Waals surface area contributed by atoms with Crippen LogP contribution in [-0.2, 0) is 11.9 Å². The topological polar surface area (TPSA) is 38.9 Å². The van der Waals surface area contributed by atoms with E-state index in [4.69, 9.17) is 5.73 Å². The number of pyridine rings is 1. The fraction of sp³-hybridized carbons (Fsp3) is 0.154. The number of nitrogens with zero attached hydrogens (tertiary/aromatic N) is 1. The molecule has 0 spiro atoms. The van der Waals surface area contributed by atoms with Gasteiger partial charge in [-0.25, -0.2) is 0 Å². The minimum atomic E-state index is -4.33. The van der Waals surface area contributed by atoms with Crippen LogP contribution < -0.4 is 5.73 Å². The Hall–Kier alpha value is -1.69. The van der Waals surface area contributed by atoms with Crippen molar-refractivity contribution in [2.24, 2.45) is 0 Å². The van der Waals surface area contributed by atoms with Crippen molar-refractivity contribution < 1.29 is 13.2 Å². The molecule has 0 aliphatic carbocycles. The molecule has 19 heavy (non-hydrogen) atoms. The Bertz CT molecular complexity index is 570. The van der Waals surface area contributed by atoms with E-state index in [0.717, 1.165) is 11.0 Å². The summed E-state index contributed by atoms with van der Waals surface area (Å²) in [4.78, 5) is 4.57. The largest absolute Gasteiger partial charge is 0.416 e. The van der Waals surface area contributed by atoms with Crippen LogP contribution in [-0.4, -0.2) is 4.98 Å². The SMILES string of the molecule is Nc1cnccc1SCc1ccccc1C(F)(F)F. The molecule has 0 bridgehead atoms. The van der Waals surface area contributed by atoms with E-state index in [9.17, 15) is 13.2 Å². The van der Waals surface area contributed by atoms with E-state index >= 15 is 0 Å². The lowest BCUT2D eigenvalue weighted by molar-refractivity contribution is -0.138. The van der Waals surface area contributed by atoms with Gasteiger partial charge in [0.25, 0.3) is 0 Å². The van der Waals surface area contributed by atoms with Gasteiger partial charge in [0, 0.05) is 16.8 Å². The van der Waals surface area contributed by atoms with Crippen molar-refractivity contribution in [1.82, 2.24) is 4.98 Å². The molecule has 0 saturated heterocycles. The van der Waals surface area contributed by atoms with Crippen molar-refractivity contribution in [3.8, 4) is 0 Å². The third-order valence-electron chi connectivity index (χ3n) is 2.52. The molecule has 1 heterocycles. The number of thioether (sulfide) groups is 1. The van der Waals surface area contributed by atoms with Crippen molar-refractivity contribution in [3.05, 3.63) is 53.9 Å². The normalized spacial score (nSPS) is 11.5. The van der Waals surface area contributed by atoms with Crippen molar-refractivity contribution in [2.45, 2.75) is 16.8 Å². The summed E-state index contributed by atoms with van der Waals surface area (Å²) in [6, 6.07) is 7.24. The minimum absolute atomic E-state index is 0.212. The molecule has 1 aromatic carbocycles. The second-order valence-electron chi connectivity index (χ2n) is 3.86. The van der Waals surface area contributed by atoms with Crippen LogP contribution in [0.1, 0.15) is 11.1 Å². The summed E-state index contributed by atoms with van der Waals surface area (Å²) in [6.45, 7) is 0. The van der Waals surface area contributed by atoms with Gasteiger partial charge < -0.3 is 5.73 Å². The van der Waals surface area contributed by atoms with Crippen LogP contribution in [0.3, 0.4) is 0 Å². The Kier molecular flexibility index (Phi) is 3.99. The van der Waals surface area contributed by atoms with Gasteiger partial charge in [0.2, 0.25) is 0 Å². The van der Waals surface area contributed by atoms with Gasteiger partial charge >= 0.3 is 6.18 Å². The summed E-state index contributed by atoms with van der Waals surface area (Å²) < 4.78 is 38.4. The number of anilines is 1. The zero-order valence-electron chi connectivity index (χ0n) is 9.82. The first-order chi connectivity index (χ1) is 8.98. The number of halogens is 3. The van der Waals surface area contributed by atoms with Crippen LogP contribution in [0.15, 0.2) is 47.6 Å². The van der Waals surface area contributed by atoms with E-state index < -0.39 is 11.7 Å². The summed E-state index contributed by atoms with van der Waals surface area (Å²) in [5.74, 6) is 0.212. The molecule has 2 aromatic rings. The van der Waals surface area contributed by atoms with Gasteiger partial charge in [-0.2, -0.15) is 13.2 Å². The van der Waals surface area contributed by atoms with E-state index in [0.29, 0.717) is 5.69 Å². The van der Waals surface area contributed by atoms with Gasteiger partial charge in [0.15, 0.2) is 0 Å². The van der Waals surface area contributed by atoms with Crippen molar-refractivity contribution in [1.29, 1.82) is 0 Å². The molecule has 1 aromatic heterocycles. The molecule has 2 rings (SSSR count). The summed E-state index contributed by atoms with van der Waals surface area (Å²) in [5.41, 5.74) is 5.82. The first-order valence-electron chi connectivity index (χ1n) is 5.46. The maximum atomic E-state index is 12.8. The minimum Gasteiger partial charge on any atom is -0.397 e. The summed E-state index contributed by atoms with van der Waals surface area (Å²) in [7, 11) is 0. The van der Waals surface area contributed by atoms with Gasteiger partial charge in [0.1, 0.15) is 0 Å². The molecule has 0 aliphatic rings. The molecule has 0 aliphatic heterocycles. The quantitative estimate of drug-likeness (QED) is 0.867. The Morgan fingerprint density at radius 2 is 1.89 bits per heavy atom. The number of aromatic nitrogens is 1. The molecule has 6 heteroatoms. The van der Waals surface area contributed by atoms with Gasteiger partial charge in [0.05, 0.1) is 17.4 Å². The number of rotatable bonds is 3. The number of benzene rings is 1. The molecule has 2 N–H and O–H groups in total. The van der Waals surface area contributed by atoms with Crippen LogP contribution in [0.5, 0.6) is 0 Å². The van der Waals surface area contributed by atoms with Crippen molar-refractivity contribution >= 4 is 17.4 Å². The smallest absolute Gasteiger partial charge is 0.397 e. The van der Waals surface area contributed by atoms with Crippen LogP contribution in [0.4, 0.5) is 18.9 Å². The molecular formula is C13H11F3N2S. The van der Waals surface area contributed by atoms with Crippen LogP contribution in [0, 0.1) is 0 Å². The van der Waals surface area contributed by atoms with Crippen LogP contribution >= 0.6 is 11.8 Å². The highest BCUT2D eigenvalue weighted by atomic mass is 32.2. The van der Waals surface area contributed by atoms with Crippen molar-refractivity contribution in [2.75, 3.05) is 5.73 Å². The molecule has 100 valence electrons. The molecule has 0 radical (unpaired) electrons. The maximum Gasteiger partial charge on any atom is 0.416 e. The van der Waals surface area contributed by atoms with Crippen LogP contribution in [0.25, 0.3) is 0 Å². The van der Waals surface area contributed by atoms with Gasteiger partial charge in [-0.05, 0) is 17.7 Å². The van der Waals surface area contributed by atoms with Gasteiger partial charge in [-0.3, -0.25) is 4.98 Å². The molecule has 0 saturated carbocycles. The molecule has 0 amide bonds. The second-order valence-corrected chi connectivity index (χ2v) is 4.87. The highest BCUT2D eigenvalue weighted by molar-refractivity contribution is 7.98. The average molecular weight is 284 g/mol. The van der Waals surface area contributed by atoms with E-state index in [1.807, 2.05) is 0 Å². The van der Waals surface area contributed by atoms with Gasteiger partial charge in [-0.15, -0.1) is 11.8 Å². The predicted molar refractivity (Wildman–Crippen MR) is 69.7 cm³/mol. The lowest BCUT2D eigenvalue weighted by Gasteiger charge is -2.12. The summed E-state index contributed by atoms with van der Waals surface area (Å²) in [6.07, 6.45) is -1.28. The molecule has 2 nitrogen and oxygen atoms in total. The molecule has 0 atom stereocenters. The predicted octanol–water partition coefficient (Wildman–Crippen LogP) is 3.97. The number of nitrogens with two attached hydrogens (primary N) is 1. The summed E-state index contributed by atoms with van der Waals surface area (Å²) >= 11 is 1.27. The monoisotopic (exact) mass is 284 g/mol. The first kappa shape index (κ1) is 13.7. The lowest BCUT2D eigenvalue weighted by atomic mass is 10.1. The average Bonchev–Trinajstić information content (AvgIpc) is 2.37. The Morgan fingerprint density at radius 1 is 1.16 bits per heavy atom. The zero-order chi connectivity index (χ0) is 13.9. The number of hydrogen-bond donors (Lipinski definition) is 1. The van der Waals surface area contributed by atoms with E-state index in [2.05, 4.69) is 4.98 Å². The van der Waals surface area contributed by atoms with E-state index in [-0.39, 0.29) is 11.3 Å². The Morgan fingerprint density at radius 3 is 2.58 bits per heavy atom. The number of alkyl halides is 3. The third-order valence-corrected chi connectivity index (χ3v) is 3.65. The maximum absolute atomic E-state index is 12.8. The Balaban J connectivity index is 2.19. The lowest BCUT2D eigenvalue weighted by Crippen LogP contribution is -2.08. The molecular weight excluding hydrogens is 273 g/mol. The Labute approximate surface area is 112 Å². The number of nitrogen functional groups attached to an aromatic ring is 1. The summed E-state index contributed by atoms with van der Waals surface area (Å²) in [5, 5.41) is 0. The fourth-order valence-corrected chi connectivity index (χ4v) is 2.54. The fourth-order valence-electron chi connectivity index (χ4n) is 1.60. The molecule has 0 fully saturated rings. The molecule has 0 unspecified atom stereocenters. The number of hydrogen-bond acceptors (Lipinski definition) is 3. The second kappa shape index (κ2) is 5.52. The van der Waals surface area contributed by atoms with Crippen molar-refractivity contribution in [3.63, 3.8) is 0 Å². The standard InChI is InChI=1S/C13H11F3N2S/c14-13(15,16)10-4-2-1-3-9(10)8-19-12-5-6-18-7-11(12)17/h1-7H,8,17H2.